The monoisotopic (exact) mass is 315 g/mol. The minimum absolute atomic E-state index is 0.731. The van der Waals surface area contributed by atoms with Crippen molar-refractivity contribution >= 4 is 0 Å². The van der Waals surface area contributed by atoms with Gasteiger partial charge in [-0.3, -0.25) is 4.90 Å². The Hall–Kier alpha value is -1.45. The molecule has 23 heavy (non-hydrogen) atoms. The van der Waals surface area contributed by atoms with Crippen LogP contribution in [0, 0.1) is 11.3 Å². The average molecular weight is 315 g/mol. The third-order valence-corrected chi connectivity index (χ3v) is 4.13. The first kappa shape index (κ1) is 17.9. The fraction of sp³-hybridized carbons (Fsp3) is 0.611. The van der Waals surface area contributed by atoms with Crippen LogP contribution in [0.25, 0.3) is 0 Å². The maximum absolute atomic E-state index is 8.89. The third-order valence-electron chi connectivity index (χ3n) is 4.13. The summed E-state index contributed by atoms with van der Waals surface area (Å²) in [7, 11) is 0. The van der Waals surface area contributed by atoms with E-state index in [0.717, 1.165) is 64.5 Å². The highest BCUT2D eigenvalue weighted by Gasteiger charge is 2.06. The van der Waals surface area contributed by atoms with Crippen molar-refractivity contribution in [2.45, 2.75) is 19.4 Å². The molecule has 0 spiro atoms. The average Bonchev–Trinajstić information content (AvgIpc) is 2.59. The van der Waals surface area contributed by atoms with Crippen LogP contribution in [0.2, 0.25) is 0 Å². The number of hydrogen-bond acceptors (Lipinski definition) is 5. The molecule has 3 N–H and O–H groups in total. The Morgan fingerprint density at radius 2 is 1.48 bits per heavy atom. The van der Waals surface area contributed by atoms with Crippen molar-refractivity contribution in [3.63, 3.8) is 0 Å². The molecule has 0 amide bonds. The third kappa shape index (κ3) is 7.58. The molecule has 5 heteroatoms. The summed E-state index contributed by atoms with van der Waals surface area (Å²) in [5, 5.41) is 19.3. The minimum atomic E-state index is 0.731. The quantitative estimate of drug-likeness (QED) is 0.758. The van der Waals surface area contributed by atoms with Crippen LogP contribution in [0.3, 0.4) is 0 Å². The Morgan fingerprint density at radius 1 is 0.826 bits per heavy atom. The molecule has 1 heterocycles. The fourth-order valence-electron chi connectivity index (χ4n) is 2.76. The van der Waals surface area contributed by atoms with Crippen molar-refractivity contribution in [2.75, 3.05) is 52.4 Å². The Morgan fingerprint density at radius 3 is 2.17 bits per heavy atom. The highest BCUT2D eigenvalue weighted by atomic mass is 15.1. The van der Waals surface area contributed by atoms with E-state index in [1.165, 1.54) is 18.4 Å². The van der Waals surface area contributed by atoms with Crippen molar-refractivity contribution in [2.24, 2.45) is 0 Å². The lowest BCUT2D eigenvalue weighted by Gasteiger charge is -2.23. The molecule has 1 aromatic carbocycles. The van der Waals surface area contributed by atoms with Crippen molar-refractivity contribution in [1.82, 2.24) is 20.9 Å². The molecule has 126 valence electrons. The zero-order valence-electron chi connectivity index (χ0n) is 14.0. The van der Waals surface area contributed by atoms with Crippen molar-refractivity contribution in [3.05, 3.63) is 35.4 Å². The summed E-state index contributed by atoms with van der Waals surface area (Å²) in [4.78, 5) is 2.51. The van der Waals surface area contributed by atoms with Gasteiger partial charge < -0.3 is 16.0 Å². The van der Waals surface area contributed by atoms with E-state index >= 15 is 0 Å². The molecule has 0 aromatic heterocycles. The highest BCUT2D eigenvalue weighted by molar-refractivity contribution is 5.31. The van der Waals surface area contributed by atoms with Gasteiger partial charge >= 0.3 is 0 Å². The lowest BCUT2D eigenvalue weighted by atomic mass is 10.1. The number of nitriles is 1. The normalized spacial score (nSPS) is 19.6. The molecule has 2 rings (SSSR count). The first-order chi connectivity index (χ1) is 11.4. The van der Waals surface area contributed by atoms with Crippen molar-refractivity contribution < 1.29 is 0 Å². The first-order valence-electron chi connectivity index (χ1n) is 8.72. The van der Waals surface area contributed by atoms with Gasteiger partial charge in [-0.25, -0.2) is 0 Å². The maximum Gasteiger partial charge on any atom is 0.0991 e. The largest absolute Gasteiger partial charge is 0.315 e. The Labute approximate surface area is 140 Å². The molecular weight excluding hydrogens is 286 g/mol. The summed E-state index contributed by atoms with van der Waals surface area (Å²) in [6, 6.07) is 10.1. The molecule has 1 aliphatic heterocycles. The first-order valence-corrected chi connectivity index (χ1v) is 8.72. The van der Waals surface area contributed by atoms with Crippen LogP contribution in [-0.2, 0) is 6.54 Å². The molecule has 0 bridgehead atoms. The number of nitrogens with zero attached hydrogens (tertiary/aromatic N) is 2. The molecule has 0 radical (unpaired) electrons. The second kappa shape index (κ2) is 11.1. The topological polar surface area (TPSA) is 63.1 Å². The van der Waals surface area contributed by atoms with Gasteiger partial charge in [0.1, 0.15) is 0 Å². The fourth-order valence-corrected chi connectivity index (χ4v) is 2.76. The maximum atomic E-state index is 8.89. The second-order valence-electron chi connectivity index (χ2n) is 6.04. The van der Waals surface area contributed by atoms with Gasteiger partial charge in [-0.1, -0.05) is 12.1 Å². The standard InChI is InChI=1S/C18H29N5/c19-15-17-3-5-18(6-4-17)16-23-13-2-1-7-20-8-9-21-10-11-22-12-14-23/h3-6,20-22H,1-2,7-14,16H2. The van der Waals surface area contributed by atoms with Gasteiger partial charge in [0.05, 0.1) is 11.6 Å². The molecule has 1 fully saturated rings. The van der Waals surface area contributed by atoms with E-state index in [9.17, 15) is 0 Å². The molecule has 0 atom stereocenters. The van der Waals surface area contributed by atoms with Gasteiger partial charge in [0.2, 0.25) is 0 Å². The van der Waals surface area contributed by atoms with Crippen LogP contribution in [0.1, 0.15) is 24.0 Å². The van der Waals surface area contributed by atoms with Crippen molar-refractivity contribution in [3.8, 4) is 6.07 Å². The highest BCUT2D eigenvalue weighted by Crippen LogP contribution is 2.08. The van der Waals surface area contributed by atoms with Crippen LogP contribution < -0.4 is 16.0 Å². The van der Waals surface area contributed by atoms with E-state index < -0.39 is 0 Å². The molecule has 1 saturated heterocycles. The summed E-state index contributed by atoms with van der Waals surface area (Å²) in [6.45, 7) is 9.42. The molecule has 1 aromatic rings. The molecular formula is C18H29N5. The van der Waals surface area contributed by atoms with Gasteiger partial charge in [0.25, 0.3) is 0 Å². The number of benzene rings is 1. The van der Waals surface area contributed by atoms with Crippen LogP contribution in [0.5, 0.6) is 0 Å². The van der Waals surface area contributed by atoms with Gasteiger partial charge in [-0.2, -0.15) is 5.26 Å². The van der Waals surface area contributed by atoms with Crippen LogP contribution in [-0.4, -0.2) is 57.3 Å². The molecule has 1 aliphatic rings. The van der Waals surface area contributed by atoms with E-state index in [-0.39, 0.29) is 0 Å². The summed E-state index contributed by atoms with van der Waals surface area (Å²) in [6.07, 6.45) is 2.44. The number of hydrogen-bond donors (Lipinski definition) is 3. The zero-order chi connectivity index (χ0) is 16.2. The molecule has 0 aliphatic carbocycles. The second-order valence-corrected chi connectivity index (χ2v) is 6.04. The lowest BCUT2D eigenvalue weighted by Crippen LogP contribution is -2.37. The van der Waals surface area contributed by atoms with Crippen LogP contribution in [0.15, 0.2) is 24.3 Å². The SMILES string of the molecule is N#Cc1ccc(CN2CCCCNCCNCCNCC2)cc1. The minimum Gasteiger partial charge on any atom is -0.315 e. The Kier molecular flexibility index (Phi) is 8.67. The van der Waals surface area contributed by atoms with E-state index in [4.69, 9.17) is 5.26 Å². The van der Waals surface area contributed by atoms with Gasteiger partial charge in [0, 0.05) is 45.8 Å². The predicted octanol–water partition coefficient (Wildman–Crippen LogP) is 0.923. The molecule has 0 saturated carbocycles. The summed E-state index contributed by atoms with van der Waals surface area (Å²) in [5.74, 6) is 0. The number of rotatable bonds is 2. The predicted molar refractivity (Wildman–Crippen MR) is 94.3 cm³/mol. The van der Waals surface area contributed by atoms with E-state index in [1.807, 2.05) is 12.1 Å². The summed E-state index contributed by atoms with van der Waals surface area (Å²) in [5.41, 5.74) is 2.01. The van der Waals surface area contributed by atoms with E-state index in [0.29, 0.717) is 0 Å². The van der Waals surface area contributed by atoms with Gasteiger partial charge in [0.15, 0.2) is 0 Å². The summed E-state index contributed by atoms with van der Waals surface area (Å²) < 4.78 is 0. The summed E-state index contributed by atoms with van der Waals surface area (Å²) >= 11 is 0. The Balaban J connectivity index is 1.83. The molecule has 5 nitrogen and oxygen atoms in total. The van der Waals surface area contributed by atoms with Crippen molar-refractivity contribution in [1.29, 1.82) is 5.26 Å². The smallest absolute Gasteiger partial charge is 0.0991 e. The Bertz CT molecular complexity index is 451. The van der Waals surface area contributed by atoms with E-state index in [1.54, 1.807) is 0 Å². The number of nitrogens with one attached hydrogen (secondary N) is 3. The lowest BCUT2D eigenvalue weighted by molar-refractivity contribution is 0.258. The van der Waals surface area contributed by atoms with Crippen LogP contribution >= 0.6 is 0 Å². The van der Waals surface area contributed by atoms with Gasteiger partial charge in [-0.05, 0) is 43.6 Å². The zero-order valence-corrected chi connectivity index (χ0v) is 14.0. The van der Waals surface area contributed by atoms with Gasteiger partial charge in [-0.15, -0.1) is 0 Å². The van der Waals surface area contributed by atoms with E-state index in [2.05, 4.69) is 39.1 Å². The van der Waals surface area contributed by atoms with Crippen LogP contribution in [0.4, 0.5) is 0 Å². The molecule has 0 unspecified atom stereocenters.